The van der Waals surface area contributed by atoms with E-state index < -0.39 is 0 Å². The Morgan fingerprint density at radius 3 is 1.38 bits per heavy atom. The molecule has 0 fully saturated rings. The average molecular weight is 473 g/mol. The number of phenols is 1. The monoisotopic (exact) mass is 472 g/mol. The van der Waals surface area contributed by atoms with Crippen molar-refractivity contribution in [3.05, 3.63) is 140 Å². The SMILES string of the molecule is Oc1cccc(-c2c3ccccc3c(-c3ccc(-c4ccccc4)c4ccccc34)c3ccccc23)c1. The molecular weight excluding hydrogens is 448 g/mol. The maximum absolute atomic E-state index is 10.3. The molecule has 7 rings (SSSR count). The van der Waals surface area contributed by atoms with Gasteiger partial charge in [-0.15, -0.1) is 0 Å². The molecule has 0 bridgehead atoms. The van der Waals surface area contributed by atoms with Gasteiger partial charge in [-0.2, -0.15) is 0 Å². The molecular formula is C36H24O. The molecule has 7 aromatic carbocycles. The fourth-order valence-electron chi connectivity index (χ4n) is 5.78. The third-order valence-electron chi connectivity index (χ3n) is 7.34. The van der Waals surface area contributed by atoms with Crippen LogP contribution >= 0.6 is 0 Å². The predicted molar refractivity (Wildman–Crippen MR) is 157 cm³/mol. The fourth-order valence-corrected chi connectivity index (χ4v) is 5.78. The molecule has 37 heavy (non-hydrogen) atoms. The zero-order valence-electron chi connectivity index (χ0n) is 20.2. The van der Waals surface area contributed by atoms with E-state index in [0.29, 0.717) is 0 Å². The second-order valence-corrected chi connectivity index (χ2v) is 9.46. The van der Waals surface area contributed by atoms with Crippen molar-refractivity contribution >= 4 is 32.3 Å². The maximum Gasteiger partial charge on any atom is 0.116 e. The summed E-state index contributed by atoms with van der Waals surface area (Å²) in [5, 5.41) is 17.5. The summed E-state index contributed by atoms with van der Waals surface area (Å²) < 4.78 is 0. The smallest absolute Gasteiger partial charge is 0.116 e. The summed E-state index contributed by atoms with van der Waals surface area (Å²) in [4.78, 5) is 0. The standard InChI is InChI=1S/C36H24O/c37-26-14-10-13-25(23-26)35-30-17-6-8-19-32(30)36(33-20-9-7-18-31(33)35)34-22-21-27(24-11-2-1-3-12-24)28-15-4-5-16-29(28)34/h1-23,37H. The number of rotatable bonds is 3. The quantitative estimate of drug-likeness (QED) is 0.254. The van der Waals surface area contributed by atoms with E-state index in [4.69, 9.17) is 0 Å². The van der Waals surface area contributed by atoms with Crippen LogP contribution in [-0.2, 0) is 0 Å². The first-order chi connectivity index (χ1) is 18.3. The molecule has 0 aromatic heterocycles. The average Bonchev–Trinajstić information content (AvgIpc) is 2.96. The summed E-state index contributed by atoms with van der Waals surface area (Å²) in [6.45, 7) is 0. The van der Waals surface area contributed by atoms with Crippen LogP contribution in [0, 0.1) is 0 Å². The van der Waals surface area contributed by atoms with Gasteiger partial charge >= 0.3 is 0 Å². The third-order valence-corrected chi connectivity index (χ3v) is 7.34. The highest BCUT2D eigenvalue weighted by atomic mass is 16.3. The number of phenolic OH excluding ortho intramolecular Hbond substituents is 1. The predicted octanol–water partition coefficient (Wildman–Crippen LogP) is 9.85. The van der Waals surface area contributed by atoms with Crippen molar-refractivity contribution in [1.82, 2.24) is 0 Å². The first kappa shape index (κ1) is 21.4. The highest BCUT2D eigenvalue weighted by Gasteiger charge is 2.18. The number of fused-ring (bicyclic) bond motifs is 3. The highest BCUT2D eigenvalue weighted by Crippen LogP contribution is 2.46. The van der Waals surface area contributed by atoms with E-state index in [9.17, 15) is 5.11 Å². The van der Waals surface area contributed by atoms with E-state index in [-0.39, 0.29) is 5.75 Å². The number of aromatic hydroxyl groups is 1. The normalized spacial score (nSPS) is 11.4. The van der Waals surface area contributed by atoms with Crippen LogP contribution in [0.1, 0.15) is 0 Å². The Labute approximate surface area is 215 Å². The van der Waals surface area contributed by atoms with Crippen LogP contribution in [0.25, 0.3) is 65.7 Å². The van der Waals surface area contributed by atoms with Gasteiger partial charge < -0.3 is 5.11 Å². The molecule has 7 aromatic rings. The molecule has 0 aliphatic rings. The van der Waals surface area contributed by atoms with Crippen molar-refractivity contribution in [1.29, 1.82) is 0 Å². The summed E-state index contributed by atoms with van der Waals surface area (Å²) in [5.41, 5.74) is 7.10. The first-order valence-corrected chi connectivity index (χ1v) is 12.6. The van der Waals surface area contributed by atoms with Crippen molar-refractivity contribution in [3.63, 3.8) is 0 Å². The highest BCUT2D eigenvalue weighted by molar-refractivity contribution is 6.24. The molecule has 0 amide bonds. The van der Waals surface area contributed by atoms with Crippen molar-refractivity contribution < 1.29 is 5.11 Å². The molecule has 0 radical (unpaired) electrons. The lowest BCUT2D eigenvalue weighted by Gasteiger charge is -2.19. The van der Waals surface area contributed by atoms with Gasteiger partial charge in [0.25, 0.3) is 0 Å². The molecule has 174 valence electrons. The lowest BCUT2D eigenvalue weighted by molar-refractivity contribution is 0.475. The number of hydrogen-bond donors (Lipinski definition) is 1. The third kappa shape index (κ3) is 3.48. The van der Waals surface area contributed by atoms with Gasteiger partial charge in [0.2, 0.25) is 0 Å². The molecule has 0 unspecified atom stereocenters. The fraction of sp³-hybridized carbons (Fsp3) is 0. The lowest BCUT2D eigenvalue weighted by Crippen LogP contribution is -1.92. The minimum Gasteiger partial charge on any atom is -0.508 e. The van der Waals surface area contributed by atoms with Crippen molar-refractivity contribution in [3.8, 4) is 39.1 Å². The van der Waals surface area contributed by atoms with Crippen LogP contribution in [0.15, 0.2) is 140 Å². The van der Waals surface area contributed by atoms with Gasteiger partial charge in [-0.1, -0.05) is 127 Å². The van der Waals surface area contributed by atoms with Crippen LogP contribution < -0.4 is 0 Å². The largest absolute Gasteiger partial charge is 0.508 e. The molecule has 0 atom stereocenters. The van der Waals surface area contributed by atoms with Crippen LogP contribution in [0.3, 0.4) is 0 Å². The van der Waals surface area contributed by atoms with E-state index in [0.717, 1.165) is 11.1 Å². The summed E-state index contributed by atoms with van der Waals surface area (Å²) in [6.07, 6.45) is 0. The Morgan fingerprint density at radius 1 is 0.324 bits per heavy atom. The minimum atomic E-state index is 0.275. The zero-order chi connectivity index (χ0) is 24.8. The molecule has 0 spiro atoms. The molecule has 0 aliphatic heterocycles. The van der Waals surface area contributed by atoms with Gasteiger partial charge in [-0.25, -0.2) is 0 Å². The van der Waals surface area contributed by atoms with E-state index >= 15 is 0 Å². The van der Waals surface area contributed by atoms with Crippen molar-refractivity contribution in [2.75, 3.05) is 0 Å². The summed E-state index contributed by atoms with van der Waals surface area (Å²) >= 11 is 0. The van der Waals surface area contributed by atoms with Crippen LogP contribution in [-0.4, -0.2) is 5.11 Å². The number of hydrogen-bond acceptors (Lipinski definition) is 1. The maximum atomic E-state index is 10.3. The van der Waals surface area contributed by atoms with Gasteiger partial charge in [-0.05, 0) is 77.8 Å². The van der Waals surface area contributed by atoms with Gasteiger partial charge in [0.05, 0.1) is 0 Å². The second kappa shape index (κ2) is 8.65. The van der Waals surface area contributed by atoms with E-state index in [1.165, 1.54) is 54.6 Å². The summed E-state index contributed by atoms with van der Waals surface area (Å²) in [6, 6.07) is 48.7. The van der Waals surface area contributed by atoms with Crippen molar-refractivity contribution in [2.24, 2.45) is 0 Å². The molecule has 1 N–H and O–H groups in total. The van der Waals surface area contributed by atoms with Gasteiger partial charge in [0.1, 0.15) is 5.75 Å². The van der Waals surface area contributed by atoms with Crippen LogP contribution in [0.4, 0.5) is 0 Å². The van der Waals surface area contributed by atoms with Gasteiger partial charge in [-0.3, -0.25) is 0 Å². The Morgan fingerprint density at radius 2 is 0.784 bits per heavy atom. The zero-order valence-corrected chi connectivity index (χ0v) is 20.2. The Balaban J connectivity index is 1.62. The lowest BCUT2D eigenvalue weighted by atomic mass is 9.84. The molecule has 1 nitrogen and oxygen atoms in total. The molecule has 0 heterocycles. The number of benzene rings is 7. The van der Waals surface area contributed by atoms with Gasteiger partial charge in [0.15, 0.2) is 0 Å². The molecule has 0 saturated carbocycles. The van der Waals surface area contributed by atoms with Gasteiger partial charge in [0, 0.05) is 0 Å². The summed E-state index contributed by atoms with van der Waals surface area (Å²) in [5.74, 6) is 0.275. The van der Waals surface area contributed by atoms with E-state index in [1.54, 1.807) is 6.07 Å². The minimum absolute atomic E-state index is 0.275. The van der Waals surface area contributed by atoms with Crippen LogP contribution in [0.2, 0.25) is 0 Å². The topological polar surface area (TPSA) is 20.2 Å². The Hall–Kier alpha value is -4.88. The Kier molecular flexibility index (Phi) is 5.01. The molecule has 0 saturated heterocycles. The molecule has 0 aliphatic carbocycles. The van der Waals surface area contributed by atoms with Crippen molar-refractivity contribution in [2.45, 2.75) is 0 Å². The first-order valence-electron chi connectivity index (χ1n) is 12.6. The Bertz CT molecular complexity index is 1880. The summed E-state index contributed by atoms with van der Waals surface area (Å²) in [7, 11) is 0. The second-order valence-electron chi connectivity index (χ2n) is 9.46. The van der Waals surface area contributed by atoms with E-state index in [1.807, 2.05) is 12.1 Å². The van der Waals surface area contributed by atoms with Crippen LogP contribution in [0.5, 0.6) is 5.75 Å². The van der Waals surface area contributed by atoms with E-state index in [2.05, 4.69) is 121 Å². The molecule has 1 heteroatoms.